The zero-order valence-corrected chi connectivity index (χ0v) is 13.5. The van der Waals surface area contributed by atoms with Gasteiger partial charge in [-0.3, -0.25) is 0 Å². The first-order valence-corrected chi connectivity index (χ1v) is 7.77. The van der Waals surface area contributed by atoms with Gasteiger partial charge in [0.05, 0.1) is 6.10 Å². The summed E-state index contributed by atoms with van der Waals surface area (Å²) in [6.45, 7) is 6.56. The molecule has 0 spiro atoms. The first-order chi connectivity index (χ1) is 10.3. The maximum Gasteiger partial charge on any atom is 0.404 e. The van der Waals surface area contributed by atoms with Gasteiger partial charge in [-0.1, -0.05) is 32.9 Å². The van der Waals surface area contributed by atoms with Crippen LogP contribution in [0.15, 0.2) is 24.3 Å². The molecule has 1 fully saturated rings. The maximum absolute atomic E-state index is 10.8. The topological polar surface area (TPSA) is 84.6 Å². The molecule has 2 rings (SSSR count). The normalized spacial score (nSPS) is 25.5. The van der Waals surface area contributed by atoms with Gasteiger partial charge >= 0.3 is 6.09 Å². The van der Waals surface area contributed by atoms with Crippen LogP contribution in [0, 0.1) is 0 Å². The van der Waals surface area contributed by atoms with Gasteiger partial charge in [0.15, 0.2) is 0 Å². The van der Waals surface area contributed by atoms with Gasteiger partial charge < -0.3 is 20.9 Å². The van der Waals surface area contributed by atoms with Crippen LogP contribution in [-0.2, 0) is 10.2 Å². The summed E-state index contributed by atoms with van der Waals surface area (Å²) in [4.78, 5) is 10.8. The van der Waals surface area contributed by atoms with Crippen LogP contribution in [0.1, 0.15) is 45.6 Å². The molecule has 122 valence electrons. The predicted molar refractivity (Wildman–Crippen MR) is 86.9 cm³/mol. The van der Waals surface area contributed by atoms with E-state index in [1.807, 2.05) is 0 Å². The number of carbonyl (C=O) groups excluding carboxylic acids is 1. The second-order valence-corrected chi connectivity index (χ2v) is 7.02. The molecule has 0 radical (unpaired) electrons. The third-order valence-electron chi connectivity index (χ3n) is 4.14. The van der Waals surface area contributed by atoms with E-state index in [0.717, 1.165) is 12.1 Å². The number of nitrogens with one attached hydrogen (secondary N) is 1. The van der Waals surface area contributed by atoms with E-state index in [4.69, 9.17) is 10.5 Å². The van der Waals surface area contributed by atoms with Crippen molar-refractivity contribution in [3.05, 3.63) is 29.8 Å². The highest BCUT2D eigenvalue weighted by atomic mass is 16.6. The first kappa shape index (κ1) is 16.6. The average Bonchev–Trinajstić information content (AvgIpc) is 2.41. The fourth-order valence-corrected chi connectivity index (χ4v) is 2.84. The van der Waals surface area contributed by atoms with Gasteiger partial charge in [0.2, 0.25) is 0 Å². The SMILES string of the molecule is CC(C)(C)c1ccc(NC2CCC(OC(N)=O)C(O)C2)cc1. The predicted octanol–water partition coefficient (Wildman–Crippen LogP) is 2.77. The van der Waals surface area contributed by atoms with Crippen molar-refractivity contribution >= 4 is 11.8 Å². The van der Waals surface area contributed by atoms with E-state index in [1.165, 1.54) is 5.56 Å². The molecule has 0 aromatic heterocycles. The van der Waals surface area contributed by atoms with E-state index < -0.39 is 18.3 Å². The number of primary amides is 1. The van der Waals surface area contributed by atoms with E-state index in [9.17, 15) is 9.90 Å². The van der Waals surface area contributed by atoms with Crippen molar-refractivity contribution < 1.29 is 14.6 Å². The van der Waals surface area contributed by atoms with Gasteiger partial charge in [0.1, 0.15) is 6.10 Å². The van der Waals surface area contributed by atoms with Crippen LogP contribution < -0.4 is 11.1 Å². The quantitative estimate of drug-likeness (QED) is 0.801. The molecule has 1 aromatic carbocycles. The van der Waals surface area contributed by atoms with Crippen LogP contribution >= 0.6 is 0 Å². The molecule has 1 amide bonds. The summed E-state index contributed by atoms with van der Waals surface area (Å²) in [5, 5.41) is 13.5. The number of rotatable bonds is 3. The summed E-state index contributed by atoms with van der Waals surface area (Å²) in [5.74, 6) is 0. The number of hydrogen-bond acceptors (Lipinski definition) is 4. The Morgan fingerprint density at radius 3 is 2.41 bits per heavy atom. The molecule has 0 aliphatic heterocycles. The minimum Gasteiger partial charge on any atom is -0.444 e. The number of benzene rings is 1. The van der Waals surface area contributed by atoms with E-state index in [1.54, 1.807) is 0 Å². The van der Waals surface area contributed by atoms with Crippen molar-refractivity contribution in [3.8, 4) is 0 Å². The number of aliphatic hydroxyl groups is 1. The lowest BCUT2D eigenvalue weighted by Crippen LogP contribution is -2.42. The summed E-state index contributed by atoms with van der Waals surface area (Å²) < 4.78 is 4.92. The Morgan fingerprint density at radius 1 is 1.27 bits per heavy atom. The summed E-state index contributed by atoms with van der Waals surface area (Å²) >= 11 is 0. The van der Waals surface area contributed by atoms with Crippen LogP contribution in [0.3, 0.4) is 0 Å². The van der Waals surface area contributed by atoms with Crippen molar-refractivity contribution in [1.29, 1.82) is 0 Å². The molecule has 4 N–H and O–H groups in total. The lowest BCUT2D eigenvalue weighted by molar-refractivity contribution is -0.0209. The Bertz CT molecular complexity index is 508. The van der Waals surface area contributed by atoms with Crippen molar-refractivity contribution in [3.63, 3.8) is 0 Å². The molecule has 3 atom stereocenters. The molecule has 1 aliphatic rings. The Morgan fingerprint density at radius 2 is 1.91 bits per heavy atom. The van der Waals surface area contributed by atoms with Crippen molar-refractivity contribution in [2.24, 2.45) is 5.73 Å². The molecule has 5 heteroatoms. The standard InChI is InChI=1S/C17H26N2O3/c1-17(2,3)11-4-6-12(7-5-11)19-13-8-9-15(14(20)10-13)22-16(18)21/h4-7,13-15,19-20H,8-10H2,1-3H3,(H2,18,21). The van der Waals surface area contributed by atoms with Crippen LogP contribution in [-0.4, -0.2) is 29.4 Å². The number of hydrogen-bond donors (Lipinski definition) is 3. The monoisotopic (exact) mass is 306 g/mol. The van der Waals surface area contributed by atoms with Crippen molar-refractivity contribution in [1.82, 2.24) is 0 Å². The molecule has 0 bridgehead atoms. The summed E-state index contributed by atoms with van der Waals surface area (Å²) in [6, 6.07) is 8.56. The van der Waals surface area contributed by atoms with Gasteiger partial charge in [-0.25, -0.2) is 4.79 Å². The number of amides is 1. The third kappa shape index (κ3) is 4.37. The van der Waals surface area contributed by atoms with E-state index >= 15 is 0 Å². The summed E-state index contributed by atoms with van der Waals surface area (Å²) in [5.41, 5.74) is 7.47. The lowest BCUT2D eigenvalue weighted by Gasteiger charge is -2.33. The minimum atomic E-state index is -0.826. The molecule has 1 aromatic rings. The molecule has 0 saturated heterocycles. The summed E-state index contributed by atoms with van der Waals surface area (Å²) in [6.07, 6.45) is -0.00346. The Balaban J connectivity index is 1.91. The maximum atomic E-state index is 10.8. The molecule has 5 nitrogen and oxygen atoms in total. The number of anilines is 1. The van der Waals surface area contributed by atoms with E-state index in [0.29, 0.717) is 12.8 Å². The fraction of sp³-hybridized carbons (Fsp3) is 0.588. The highest BCUT2D eigenvalue weighted by molar-refractivity contribution is 5.64. The van der Waals surface area contributed by atoms with Crippen LogP contribution in [0.2, 0.25) is 0 Å². The number of carbonyl (C=O) groups is 1. The van der Waals surface area contributed by atoms with Gasteiger partial charge in [0.25, 0.3) is 0 Å². The molecule has 1 aliphatic carbocycles. The molecule has 22 heavy (non-hydrogen) atoms. The van der Waals surface area contributed by atoms with Crippen LogP contribution in [0.25, 0.3) is 0 Å². The van der Waals surface area contributed by atoms with Gasteiger partial charge in [-0.05, 0) is 42.4 Å². The second-order valence-electron chi connectivity index (χ2n) is 7.02. The third-order valence-corrected chi connectivity index (χ3v) is 4.14. The zero-order valence-electron chi connectivity index (χ0n) is 13.5. The minimum absolute atomic E-state index is 0.138. The highest BCUT2D eigenvalue weighted by Gasteiger charge is 2.31. The molecule has 0 heterocycles. The molecular formula is C17H26N2O3. The zero-order chi connectivity index (χ0) is 16.3. The van der Waals surface area contributed by atoms with Crippen molar-refractivity contribution in [2.45, 2.75) is 63.7 Å². The Hall–Kier alpha value is -1.75. The van der Waals surface area contributed by atoms with E-state index in [2.05, 4.69) is 50.4 Å². The van der Waals surface area contributed by atoms with Crippen molar-refractivity contribution in [2.75, 3.05) is 5.32 Å². The number of nitrogens with two attached hydrogens (primary N) is 1. The Labute approximate surface area is 131 Å². The Kier molecular flexibility index (Phi) is 4.96. The van der Waals surface area contributed by atoms with E-state index in [-0.39, 0.29) is 11.5 Å². The second kappa shape index (κ2) is 6.57. The lowest BCUT2D eigenvalue weighted by atomic mass is 9.87. The smallest absolute Gasteiger partial charge is 0.404 e. The molecule has 1 saturated carbocycles. The number of ether oxygens (including phenoxy) is 1. The highest BCUT2D eigenvalue weighted by Crippen LogP contribution is 2.27. The molecule has 3 unspecified atom stereocenters. The fourth-order valence-electron chi connectivity index (χ4n) is 2.84. The molecular weight excluding hydrogens is 280 g/mol. The summed E-state index contributed by atoms with van der Waals surface area (Å²) in [7, 11) is 0. The average molecular weight is 306 g/mol. The van der Waals surface area contributed by atoms with Gasteiger partial charge in [-0.15, -0.1) is 0 Å². The van der Waals surface area contributed by atoms with Gasteiger partial charge in [0, 0.05) is 11.7 Å². The first-order valence-electron chi connectivity index (χ1n) is 7.77. The largest absolute Gasteiger partial charge is 0.444 e. The van der Waals surface area contributed by atoms with Crippen LogP contribution in [0.5, 0.6) is 0 Å². The number of aliphatic hydroxyl groups excluding tert-OH is 1. The van der Waals surface area contributed by atoms with Crippen LogP contribution in [0.4, 0.5) is 10.5 Å². The van der Waals surface area contributed by atoms with Gasteiger partial charge in [-0.2, -0.15) is 0 Å².